The first-order chi connectivity index (χ1) is 10.2. The van der Waals surface area contributed by atoms with Crippen LogP contribution in [0, 0.1) is 0 Å². The highest BCUT2D eigenvalue weighted by Gasteiger charge is 2.13. The summed E-state index contributed by atoms with van der Waals surface area (Å²) in [5.74, 6) is 0.912. The van der Waals surface area contributed by atoms with E-state index in [9.17, 15) is 0 Å². The van der Waals surface area contributed by atoms with Crippen LogP contribution in [0.2, 0.25) is 5.02 Å². The highest BCUT2D eigenvalue weighted by molar-refractivity contribution is 6.34. The van der Waals surface area contributed by atoms with Crippen LogP contribution in [0.3, 0.4) is 0 Å². The first-order valence-electron chi connectivity index (χ1n) is 6.18. The van der Waals surface area contributed by atoms with Gasteiger partial charge < -0.3 is 20.4 Å². The van der Waals surface area contributed by atoms with Gasteiger partial charge in [0.2, 0.25) is 0 Å². The van der Waals surface area contributed by atoms with Crippen LogP contribution in [0.4, 0.5) is 0 Å². The van der Waals surface area contributed by atoms with Gasteiger partial charge >= 0.3 is 0 Å². The van der Waals surface area contributed by atoms with Gasteiger partial charge in [0.1, 0.15) is 11.5 Å². The van der Waals surface area contributed by atoms with Crippen LogP contribution < -0.4 is 10.5 Å². The summed E-state index contributed by atoms with van der Waals surface area (Å²) in [6.07, 6.45) is 0. The molecule has 2 rings (SSSR count). The van der Waals surface area contributed by atoms with E-state index >= 15 is 0 Å². The molecule has 0 saturated carbocycles. The minimum absolute atomic E-state index is 0.108. The van der Waals surface area contributed by atoms with Crippen molar-refractivity contribution in [2.75, 3.05) is 7.11 Å². The average molecular weight is 307 g/mol. The molecule has 110 valence electrons. The Hall–Kier alpha value is -2.24. The van der Waals surface area contributed by atoms with Crippen LogP contribution in [0.15, 0.2) is 47.6 Å². The third-order valence-corrected chi connectivity index (χ3v) is 3.09. The molecule has 3 N–H and O–H groups in total. The van der Waals surface area contributed by atoms with Gasteiger partial charge in [0, 0.05) is 7.11 Å². The van der Waals surface area contributed by atoms with E-state index in [0.717, 1.165) is 5.56 Å². The molecule has 0 bridgehead atoms. The van der Waals surface area contributed by atoms with Crippen molar-refractivity contribution in [1.82, 2.24) is 0 Å². The summed E-state index contributed by atoms with van der Waals surface area (Å²) in [6, 6.07) is 12.5. The number of methoxy groups -OCH3 is 1. The zero-order valence-corrected chi connectivity index (χ0v) is 12.2. The van der Waals surface area contributed by atoms with E-state index in [1.165, 1.54) is 0 Å². The van der Waals surface area contributed by atoms with Gasteiger partial charge in [-0.25, -0.2) is 0 Å². The zero-order valence-electron chi connectivity index (χ0n) is 11.4. The van der Waals surface area contributed by atoms with Crippen LogP contribution in [0.5, 0.6) is 11.5 Å². The third-order valence-electron chi connectivity index (χ3n) is 2.78. The standard InChI is InChI=1S/C15H15ClN2O3/c1-20-9-10-4-2-5-11(8-10)21-13-7-3-6-12(16)14(13)15(17)18-19/h2-8,19H,9H2,1H3,(H2,17,18). The maximum atomic E-state index is 8.85. The Kier molecular flexibility index (Phi) is 5.03. The lowest BCUT2D eigenvalue weighted by Crippen LogP contribution is -2.14. The molecule has 2 aromatic rings. The van der Waals surface area contributed by atoms with Gasteiger partial charge in [0.25, 0.3) is 0 Å². The SMILES string of the molecule is COCc1cccc(Oc2cccc(Cl)c2C(N)=NO)c1. The second-order valence-corrected chi connectivity index (χ2v) is 4.69. The lowest BCUT2D eigenvalue weighted by atomic mass is 10.1. The summed E-state index contributed by atoms with van der Waals surface area (Å²) < 4.78 is 10.9. The van der Waals surface area contributed by atoms with E-state index in [1.807, 2.05) is 18.2 Å². The first-order valence-corrected chi connectivity index (χ1v) is 6.55. The molecule has 5 nitrogen and oxygen atoms in total. The molecule has 0 aliphatic rings. The van der Waals surface area contributed by atoms with Crippen molar-refractivity contribution in [3.8, 4) is 11.5 Å². The summed E-state index contributed by atoms with van der Waals surface area (Å²) in [5.41, 5.74) is 6.96. The van der Waals surface area contributed by atoms with E-state index in [-0.39, 0.29) is 5.84 Å². The highest BCUT2D eigenvalue weighted by Crippen LogP contribution is 2.30. The molecule has 0 aromatic heterocycles. The number of hydrogen-bond donors (Lipinski definition) is 2. The zero-order chi connectivity index (χ0) is 15.2. The van der Waals surface area contributed by atoms with E-state index < -0.39 is 0 Å². The quantitative estimate of drug-likeness (QED) is 0.384. The molecule has 0 radical (unpaired) electrons. The van der Waals surface area contributed by atoms with Crippen LogP contribution in [0.1, 0.15) is 11.1 Å². The Morgan fingerprint density at radius 2 is 2.05 bits per heavy atom. The summed E-state index contributed by atoms with van der Waals surface area (Å²) in [6.45, 7) is 0.486. The Bertz CT molecular complexity index is 659. The average Bonchev–Trinajstić information content (AvgIpc) is 2.47. The molecule has 0 spiro atoms. The van der Waals surface area contributed by atoms with Crippen molar-refractivity contribution in [3.05, 3.63) is 58.6 Å². The maximum Gasteiger partial charge on any atom is 0.175 e. The minimum atomic E-state index is -0.108. The topological polar surface area (TPSA) is 77.1 Å². The monoisotopic (exact) mass is 306 g/mol. The van der Waals surface area contributed by atoms with E-state index in [0.29, 0.717) is 28.7 Å². The molecule has 0 aliphatic heterocycles. The first kappa shape index (κ1) is 15.2. The van der Waals surface area contributed by atoms with Gasteiger partial charge in [-0.15, -0.1) is 0 Å². The van der Waals surface area contributed by atoms with E-state index in [2.05, 4.69) is 5.16 Å². The molecule has 0 aliphatic carbocycles. The van der Waals surface area contributed by atoms with Gasteiger partial charge in [-0.3, -0.25) is 0 Å². The number of rotatable bonds is 5. The summed E-state index contributed by atoms with van der Waals surface area (Å²) in [7, 11) is 1.63. The number of amidine groups is 1. The summed E-state index contributed by atoms with van der Waals surface area (Å²) in [5, 5.41) is 12.2. The molecule has 2 aromatic carbocycles. The van der Waals surface area contributed by atoms with Gasteiger partial charge in [-0.05, 0) is 29.8 Å². The molecule has 0 saturated heterocycles. The fraction of sp³-hybridized carbons (Fsp3) is 0.133. The molecule has 0 unspecified atom stereocenters. The van der Waals surface area contributed by atoms with Crippen LogP contribution in [-0.2, 0) is 11.3 Å². The van der Waals surface area contributed by atoms with Crippen molar-refractivity contribution in [2.45, 2.75) is 6.61 Å². The van der Waals surface area contributed by atoms with Crippen molar-refractivity contribution in [3.63, 3.8) is 0 Å². The second-order valence-electron chi connectivity index (χ2n) is 4.28. The number of oxime groups is 1. The molecular formula is C15H15ClN2O3. The van der Waals surface area contributed by atoms with Crippen LogP contribution in [-0.4, -0.2) is 18.2 Å². The predicted molar refractivity (Wildman–Crippen MR) is 81.2 cm³/mol. The summed E-state index contributed by atoms with van der Waals surface area (Å²) in [4.78, 5) is 0. The number of ether oxygens (including phenoxy) is 2. The number of nitrogens with zero attached hydrogens (tertiary/aromatic N) is 1. The molecule has 21 heavy (non-hydrogen) atoms. The lowest BCUT2D eigenvalue weighted by molar-refractivity contribution is 0.184. The molecule has 0 fully saturated rings. The van der Waals surface area contributed by atoms with E-state index in [1.54, 1.807) is 31.4 Å². The number of halogens is 1. The fourth-order valence-electron chi connectivity index (χ4n) is 1.88. The lowest BCUT2D eigenvalue weighted by Gasteiger charge is -2.12. The van der Waals surface area contributed by atoms with Crippen molar-refractivity contribution >= 4 is 17.4 Å². The van der Waals surface area contributed by atoms with Crippen LogP contribution in [0.25, 0.3) is 0 Å². The highest BCUT2D eigenvalue weighted by atomic mass is 35.5. The molecule has 6 heteroatoms. The third kappa shape index (κ3) is 3.65. The van der Waals surface area contributed by atoms with Gasteiger partial charge in [-0.2, -0.15) is 0 Å². The fourth-order valence-corrected chi connectivity index (χ4v) is 2.14. The van der Waals surface area contributed by atoms with Crippen molar-refractivity contribution in [1.29, 1.82) is 0 Å². The molecule has 0 amide bonds. The Balaban J connectivity index is 2.36. The number of nitrogens with two attached hydrogens (primary N) is 1. The minimum Gasteiger partial charge on any atom is -0.457 e. The van der Waals surface area contributed by atoms with Gasteiger partial charge in [-0.1, -0.05) is 35.0 Å². The predicted octanol–water partition coefficient (Wildman–Crippen LogP) is 3.37. The van der Waals surface area contributed by atoms with Crippen LogP contribution >= 0.6 is 11.6 Å². The van der Waals surface area contributed by atoms with Crippen molar-refractivity contribution in [2.24, 2.45) is 10.9 Å². The molecule has 0 atom stereocenters. The Morgan fingerprint density at radius 3 is 2.76 bits per heavy atom. The Morgan fingerprint density at radius 1 is 1.29 bits per heavy atom. The molecule has 0 heterocycles. The van der Waals surface area contributed by atoms with Gasteiger partial charge in [0.15, 0.2) is 5.84 Å². The summed E-state index contributed by atoms with van der Waals surface area (Å²) >= 11 is 6.08. The maximum absolute atomic E-state index is 8.85. The largest absolute Gasteiger partial charge is 0.457 e. The number of benzene rings is 2. The second kappa shape index (κ2) is 6.97. The van der Waals surface area contributed by atoms with Gasteiger partial charge in [0.05, 0.1) is 17.2 Å². The van der Waals surface area contributed by atoms with E-state index in [4.69, 9.17) is 32.0 Å². The molecular weight excluding hydrogens is 292 g/mol. The smallest absolute Gasteiger partial charge is 0.175 e. The normalized spacial score (nSPS) is 11.4. The number of hydrogen-bond acceptors (Lipinski definition) is 4. The van der Waals surface area contributed by atoms with Crippen molar-refractivity contribution < 1.29 is 14.7 Å². The Labute approximate surface area is 127 Å².